The van der Waals surface area contributed by atoms with Crippen molar-refractivity contribution >= 4 is 27.3 Å². The maximum Gasteiger partial charge on any atom is 0.416 e. The summed E-state index contributed by atoms with van der Waals surface area (Å²) in [7, 11) is -4.32. The first kappa shape index (κ1) is 23.3. The number of sulfonamides is 1. The van der Waals surface area contributed by atoms with Gasteiger partial charge in [-0.2, -0.15) is 13.2 Å². The SMILES string of the molecule is Cc1ccc(NC(=O)CN(c2cccc(C(F)(F)F)c2)S(=O)(=O)c2ccc(C)cc2)cc1. The molecular weight excluding hydrogens is 441 g/mol. The van der Waals surface area contributed by atoms with E-state index in [1.54, 1.807) is 43.3 Å². The average Bonchev–Trinajstić information content (AvgIpc) is 2.73. The lowest BCUT2D eigenvalue weighted by Crippen LogP contribution is -2.38. The van der Waals surface area contributed by atoms with Crippen molar-refractivity contribution < 1.29 is 26.4 Å². The van der Waals surface area contributed by atoms with E-state index in [1.165, 1.54) is 18.2 Å². The van der Waals surface area contributed by atoms with E-state index in [9.17, 15) is 26.4 Å². The topological polar surface area (TPSA) is 66.5 Å². The van der Waals surface area contributed by atoms with Crippen LogP contribution in [0.5, 0.6) is 0 Å². The van der Waals surface area contributed by atoms with E-state index in [2.05, 4.69) is 5.32 Å². The van der Waals surface area contributed by atoms with Crippen molar-refractivity contribution in [3.8, 4) is 0 Å². The third kappa shape index (κ3) is 5.47. The zero-order valence-corrected chi connectivity index (χ0v) is 18.2. The lowest BCUT2D eigenvalue weighted by atomic mass is 10.2. The molecule has 0 unspecified atom stereocenters. The largest absolute Gasteiger partial charge is 0.416 e. The standard InChI is InChI=1S/C23H21F3N2O3S/c1-16-6-10-19(11-7-16)27-22(29)15-28(20-5-3-4-18(14-20)23(24,25)26)32(30,31)21-12-8-17(2)9-13-21/h3-14H,15H2,1-2H3,(H,27,29). The molecule has 0 aliphatic carbocycles. The molecule has 3 rings (SSSR count). The molecule has 32 heavy (non-hydrogen) atoms. The first-order valence-corrected chi connectivity index (χ1v) is 11.0. The second-order valence-electron chi connectivity index (χ2n) is 7.29. The van der Waals surface area contributed by atoms with Crippen LogP contribution in [0.25, 0.3) is 0 Å². The van der Waals surface area contributed by atoms with Gasteiger partial charge in [0.25, 0.3) is 10.0 Å². The van der Waals surface area contributed by atoms with Gasteiger partial charge < -0.3 is 5.32 Å². The van der Waals surface area contributed by atoms with Gasteiger partial charge in [-0.15, -0.1) is 0 Å². The zero-order valence-electron chi connectivity index (χ0n) is 17.3. The highest BCUT2D eigenvalue weighted by Gasteiger charge is 2.33. The van der Waals surface area contributed by atoms with Gasteiger partial charge in [0.05, 0.1) is 16.1 Å². The summed E-state index contributed by atoms with van der Waals surface area (Å²) in [6.07, 6.45) is -4.67. The fourth-order valence-electron chi connectivity index (χ4n) is 2.96. The van der Waals surface area contributed by atoms with Crippen LogP contribution in [0, 0.1) is 13.8 Å². The summed E-state index contributed by atoms with van der Waals surface area (Å²) in [5.41, 5.74) is 0.942. The predicted octanol–water partition coefficient (Wildman–Crippen LogP) is 5.16. The molecule has 0 spiro atoms. The molecule has 0 saturated heterocycles. The monoisotopic (exact) mass is 462 g/mol. The Morgan fingerprint density at radius 2 is 1.47 bits per heavy atom. The first-order valence-electron chi connectivity index (χ1n) is 9.60. The highest BCUT2D eigenvalue weighted by molar-refractivity contribution is 7.92. The van der Waals surface area contributed by atoms with Crippen molar-refractivity contribution in [1.82, 2.24) is 0 Å². The van der Waals surface area contributed by atoms with Crippen LogP contribution in [-0.2, 0) is 21.0 Å². The molecule has 0 aliphatic heterocycles. The minimum atomic E-state index is -4.67. The number of anilines is 2. The number of carbonyl (C=O) groups is 1. The van der Waals surface area contributed by atoms with Gasteiger partial charge in [-0.25, -0.2) is 8.42 Å². The summed E-state index contributed by atoms with van der Waals surface area (Å²) in [6, 6.07) is 16.6. The number of nitrogens with one attached hydrogen (secondary N) is 1. The Morgan fingerprint density at radius 1 is 0.906 bits per heavy atom. The Labute approximate surface area is 184 Å². The molecule has 0 fully saturated rings. The molecule has 9 heteroatoms. The molecule has 0 aromatic heterocycles. The Morgan fingerprint density at radius 3 is 2.03 bits per heavy atom. The number of benzene rings is 3. The summed E-state index contributed by atoms with van der Waals surface area (Å²) in [5.74, 6) is -0.693. The fourth-order valence-corrected chi connectivity index (χ4v) is 4.37. The Hall–Kier alpha value is -3.33. The number of rotatable bonds is 6. The highest BCUT2D eigenvalue weighted by Crippen LogP contribution is 2.33. The molecule has 168 valence electrons. The Balaban J connectivity index is 2.00. The average molecular weight is 462 g/mol. The summed E-state index contributed by atoms with van der Waals surface area (Å²) >= 11 is 0. The molecule has 0 heterocycles. The van der Waals surface area contributed by atoms with Gasteiger partial charge in [-0.05, 0) is 56.3 Å². The van der Waals surface area contributed by atoms with Gasteiger partial charge in [0.2, 0.25) is 5.91 Å². The predicted molar refractivity (Wildman–Crippen MR) is 117 cm³/mol. The van der Waals surface area contributed by atoms with Crippen LogP contribution in [0.4, 0.5) is 24.5 Å². The molecule has 5 nitrogen and oxygen atoms in total. The van der Waals surface area contributed by atoms with E-state index in [4.69, 9.17) is 0 Å². The molecule has 1 N–H and O–H groups in total. The maximum atomic E-state index is 13.3. The minimum Gasteiger partial charge on any atom is -0.325 e. The molecule has 0 radical (unpaired) electrons. The second-order valence-corrected chi connectivity index (χ2v) is 9.15. The van der Waals surface area contributed by atoms with E-state index in [1.807, 2.05) is 6.92 Å². The van der Waals surface area contributed by atoms with Crippen LogP contribution in [0.1, 0.15) is 16.7 Å². The van der Waals surface area contributed by atoms with E-state index < -0.39 is 34.2 Å². The number of nitrogens with zero attached hydrogens (tertiary/aromatic N) is 1. The van der Waals surface area contributed by atoms with Gasteiger partial charge in [0, 0.05) is 5.69 Å². The summed E-state index contributed by atoms with van der Waals surface area (Å²) < 4.78 is 67.0. The lowest BCUT2D eigenvalue weighted by molar-refractivity contribution is -0.137. The van der Waals surface area contributed by atoms with Gasteiger partial charge in [0.1, 0.15) is 6.54 Å². The van der Waals surface area contributed by atoms with Gasteiger partial charge in [0.15, 0.2) is 0 Å². The number of amides is 1. The minimum absolute atomic E-state index is 0.136. The molecule has 3 aromatic rings. The van der Waals surface area contributed by atoms with Crippen LogP contribution in [0.2, 0.25) is 0 Å². The maximum absolute atomic E-state index is 13.3. The number of carbonyl (C=O) groups excluding carboxylic acids is 1. The third-order valence-electron chi connectivity index (χ3n) is 4.69. The lowest BCUT2D eigenvalue weighted by Gasteiger charge is -2.25. The highest BCUT2D eigenvalue weighted by atomic mass is 32.2. The quantitative estimate of drug-likeness (QED) is 0.551. The molecule has 0 saturated carbocycles. The van der Waals surface area contributed by atoms with Crippen LogP contribution < -0.4 is 9.62 Å². The number of hydrogen-bond donors (Lipinski definition) is 1. The Bertz CT molecular complexity index is 1210. The van der Waals surface area contributed by atoms with E-state index in [0.29, 0.717) is 16.1 Å². The van der Waals surface area contributed by atoms with Crippen molar-refractivity contribution in [2.45, 2.75) is 24.9 Å². The number of halogens is 3. The van der Waals surface area contributed by atoms with Crippen LogP contribution in [0.3, 0.4) is 0 Å². The molecule has 0 atom stereocenters. The number of hydrogen-bond acceptors (Lipinski definition) is 3. The van der Waals surface area contributed by atoms with Crippen molar-refractivity contribution in [3.63, 3.8) is 0 Å². The molecule has 1 amide bonds. The van der Waals surface area contributed by atoms with E-state index in [-0.39, 0.29) is 10.6 Å². The van der Waals surface area contributed by atoms with Gasteiger partial charge in [-0.3, -0.25) is 9.10 Å². The first-order chi connectivity index (χ1) is 15.0. The summed E-state index contributed by atoms with van der Waals surface area (Å²) in [5, 5.41) is 2.58. The van der Waals surface area contributed by atoms with Crippen LogP contribution in [-0.4, -0.2) is 20.9 Å². The number of aryl methyl sites for hydroxylation is 2. The summed E-state index contributed by atoms with van der Waals surface area (Å²) in [6.45, 7) is 2.94. The molecule has 0 aliphatic rings. The van der Waals surface area contributed by atoms with E-state index in [0.717, 1.165) is 23.3 Å². The van der Waals surface area contributed by atoms with Crippen molar-refractivity contribution in [2.75, 3.05) is 16.2 Å². The second kappa shape index (κ2) is 9.04. The molecule has 0 bridgehead atoms. The van der Waals surface area contributed by atoms with Crippen molar-refractivity contribution in [1.29, 1.82) is 0 Å². The van der Waals surface area contributed by atoms with Gasteiger partial charge >= 0.3 is 6.18 Å². The molecular formula is C23H21F3N2O3S. The summed E-state index contributed by atoms with van der Waals surface area (Å²) in [4.78, 5) is 12.5. The third-order valence-corrected chi connectivity index (χ3v) is 6.48. The van der Waals surface area contributed by atoms with Gasteiger partial charge in [-0.1, -0.05) is 41.5 Å². The van der Waals surface area contributed by atoms with Crippen LogP contribution >= 0.6 is 0 Å². The van der Waals surface area contributed by atoms with Crippen LogP contribution in [0.15, 0.2) is 77.7 Å². The smallest absolute Gasteiger partial charge is 0.325 e. The number of alkyl halides is 3. The van der Waals surface area contributed by atoms with E-state index >= 15 is 0 Å². The normalized spacial score (nSPS) is 11.8. The fraction of sp³-hybridized carbons (Fsp3) is 0.174. The van der Waals surface area contributed by atoms with Crippen molar-refractivity contribution in [2.24, 2.45) is 0 Å². The van der Waals surface area contributed by atoms with Crippen molar-refractivity contribution in [3.05, 3.63) is 89.5 Å². The molecule has 3 aromatic carbocycles. The Kier molecular flexibility index (Phi) is 6.59. The zero-order chi connectivity index (χ0) is 23.5.